The fraction of sp³-hybridized carbons (Fsp3) is 0.250. The van der Waals surface area contributed by atoms with Gasteiger partial charge in [0, 0.05) is 29.9 Å². The van der Waals surface area contributed by atoms with Crippen LogP contribution in [0.3, 0.4) is 0 Å². The number of halogens is 1. The summed E-state index contributed by atoms with van der Waals surface area (Å²) in [6, 6.07) is 21.7. The molecule has 36 heavy (non-hydrogen) atoms. The van der Waals surface area contributed by atoms with Gasteiger partial charge >= 0.3 is 0 Å². The Bertz CT molecular complexity index is 1300. The van der Waals surface area contributed by atoms with E-state index in [1.165, 1.54) is 17.7 Å². The summed E-state index contributed by atoms with van der Waals surface area (Å²) >= 11 is 5.91. The van der Waals surface area contributed by atoms with Crippen LogP contribution in [0.4, 0.5) is 5.69 Å². The molecule has 4 rings (SSSR count). The first-order valence-electron chi connectivity index (χ1n) is 11.5. The standard InChI is InChI=1S/C21H23ClN2O.C7H8O3S/c1-23(2)14-17-13-18-5-3-4-6-20(18)24(15-17)21(25)12-9-16-7-10-19(22)11-8-16;1-6-2-4-7(5-3-6)11(8,9)10/h3-12,17H,13-15H2,1-2H3;2-5H,1H3,(H,8,9,10). The van der Waals surface area contributed by atoms with Crippen molar-refractivity contribution in [1.29, 1.82) is 0 Å². The number of anilines is 1. The van der Waals surface area contributed by atoms with Gasteiger partial charge in [0.05, 0.1) is 4.90 Å². The molecule has 1 aliphatic rings. The molecule has 1 heterocycles. The lowest BCUT2D eigenvalue weighted by Gasteiger charge is -2.35. The number of aryl methyl sites for hydroxylation is 1. The first-order valence-corrected chi connectivity index (χ1v) is 13.4. The van der Waals surface area contributed by atoms with Crippen LogP contribution in [0.2, 0.25) is 5.02 Å². The Balaban J connectivity index is 0.000000275. The van der Waals surface area contributed by atoms with E-state index < -0.39 is 10.1 Å². The Morgan fingerprint density at radius 2 is 1.69 bits per heavy atom. The molecule has 3 aromatic rings. The monoisotopic (exact) mass is 526 g/mol. The minimum Gasteiger partial charge on any atom is -0.309 e. The SMILES string of the molecule is CN(C)CC1Cc2ccccc2N(C(=O)C=Cc2ccc(Cl)cc2)C1.Cc1ccc(S(=O)(=O)O)cc1. The summed E-state index contributed by atoms with van der Waals surface area (Å²) in [5.41, 5.74) is 4.20. The molecule has 0 spiro atoms. The number of para-hydroxylation sites is 1. The van der Waals surface area contributed by atoms with Crippen LogP contribution in [0, 0.1) is 12.8 Å². The average molecular weight is 527 g/mol. The lowest BCUT2D eigenvalue weighted by molar-refractivity contribution is -0.114. The lowest BCUT2D eigenvalue weighted by atomic mass is 9.92. The fourth-order valence-electron chi connectivity index (χ4n) is 4.07. The molecule has 0 aromatic heterocycles. The van der Waals surface area contributed by atoms with Crippen molar-refractivity contribution in [2.75, 3.05) is 32.1 Å². The smallest absolute Gasteiger partial charge is 0.294 e. The second-order valence-electron chi connectivity index (χ2n) is 9.08. The number of hydrogen-bond acceptors (Lipinski definition) is 4. The van der Waals surface area contributed by atoms with Gasteiger partial charge in [-0.3, -0.25) is 9.35 Å². The second-order valence-corrected chi connectivity index (χ2v) is 10.9. The third-order valence-electron chi connectivity index (χ3n) is 5.73. The van der Waals surface area contributed by atoms with Crippen molar-refractivity contribution in [2.45, 2.75) is 18.2 Å². The number of benzene rings is 3. The molecule has 0 bridgehead atoms. The molecule has 1 atom stereocenters. The van der Waals surface area contributed by atoms with Crippen LogP contribution < -0.4 is 4.90 Å². The highest BCUT2D eigenvalue weighted by Gasteiger charge is 2.27. The van der Waals surface area contributed by atoms with Crippen LogP contribution in [0.25, 0.3) is 6.08 Å². The van der Waals surface area contributed by atoms with E-state index in [2.05, 4.69) is 25.1 Å². The Kier molecular flexibility index (Phi) is 9.45. The van der Waals surface area contributed by atoms with E-state index in [-0.39, 0.29) is 10.8 Å². The topological polar surface area (TPSA) is 77.9 Å². The quantitative estimate of drug-likeness (QED) is 0.357. The number of rotatable bonds is 5. The lowest BCUT2D eigenvalue weighted by Crippen LogP contribution is -2.42. The van der Waals surface area contributed by atoms with Crippen molar-refractivity contribution in [3.8, 4) is 0 Å². The third kappa shape index (κ3) is 8.03. The second kappa shape index (κ2) is 12.3. The molecular formula is C28H31ClN2O4S. The highest BCUT2D eigenvalue weighted by atomic mass is 35.5. The van der Waals surface area contributed by atoms with Gasteiger partial charge in [-0.1, -0.05) is 59.6 Å². The van der Waals surface area contributed by atoms with Gasteiger partial charge in [0.1, 0.15) is 0 Å². The normalized spacial score (nSPS) is 15.4. The highest BCUT2D eigenvalue weighted by Crippen LogP contribution is 2.30. The van der Waals surface area contributed by atoms with Crippen LogP contribution in [0.5, 0.6) is 0 Å². The molecule has 3 aromatic carbocycles. The summed E-state index contributed by atoms with van der Waals surface area (Å²) in [4.78, 5) is 16.9. The van der Waals surface area contributed by atoms with Gasteiger partial charge in [-0.15, -0.1) is 0 Å². The number of carbonyl (C=O) groups excluding carboxylic acids is 1. The largest absolute Gasteiger partial charge is 0.309 e. The average Bonchev–Trinajstić information content (AvgIpc) is 2.83. The zero-order valence-electron chi connectivity index (χ0n) is 20.6. The maximum absolute atomic E-state index is 12.8. The van der Waals surface area contributed by atoms with E-state index in [1.807, 2.05) is 60.4 Å². The molecule has 1 unspecified atom stereocenters. The zero-order valence-corrected chi connectivity index (χ0v) is 22.2. The number of hydrogen-bond donors (Lipinski definition) is 1. The first kappa shape index (κ1) is 27.6. The predicted molar refractivity (Wildman–Crippen MR) is 146 cm³/mol. The number of amides is 1. The number of nitrogens with zero attached hydrogens (tertiary/aromatic N) is 2. The van der Waals surface area contributed by atoms with E-state index in [4.69, 9.17) is 16.2 Å². The highest BCUT2D eigenvalue weighted by molar-refractivity contribution is 7.85. The molecule has 1 N–H and O–H groups in total. The van der Waals surface area contributed by atoms with Gasteiger partial charge in [-0.25, -0.2) is 0 Å². The maximum atomic E-state index is 12.8. The van der Waals surface area contributed by atoms with Crippen molar-refractivity contribution in [2.24, 2.45) is 5.92 Å². The van der Waals surface area contributed by atoms with Crippen LogP contribution >= 0.6 is 11.6 Å². The van der Waals surface area contributed by atoms with E-state index in [0.29, 0.717) is 10.9 Å². The van der Waals surface area contributed by atoms with Gasteiger partial charge < -0.3 is 9.80 Å². The predicted octanol–water partition coefficient (Wildman–Crippen LogP) is 5.36. The fourth-order valence-corrected chi connectivity index (χ4v) is 4.67. The first-order chi connectivity index (χ1) is 17.0. The molecular weight excluding hydrogens is 496 g/mol. The molecule has 0 saturated carbocycles. The minimum atomic E-state index is -4.02. The van der Waals surface area contributed by atoms with Gasteiger partial charge in [-0.05, 0) is 80.9 Å². The van der Waals surface area contributed by atoms with Gasteiger partial charge in [-0.2, -0.15) is 8.42 Å². The van der Waals surface area contributed by atoms with Crippen LogP contribution in [0.15, 0.2) is 83.8 Å². The molecule has 0 radical (unpaired) electrons. The van der Waals surface area contributed by atoms with Crippen molar-refractivity contribution in [3.63, 3.8) is 0 Å². The Morgan fingerprint density at radius 1 is 1.06 bits per heavy atom. The summed E-state index contributed by atoms with van der Waals surface area (Å²) in [5, 5.41) is 0.694. The van der Waals surface area contributed by atoms with Crippen molar-refractivity contribution in [3.05, 3.63) is 101 Å². The van der Waals surface area contributed by atoms with E-state index in [9.17, 15) is 13.2 Å². The van der Waals surface area contributed by atoms with Crippen molar-refractivity contribution < 1.29 is 17.8 Å². The minimum absolute atomic E-state index is 0.0193. The van der Waals surface area contributed by atoms with Gasteiger partial charge in [0.15, 0.2) is 0 Å². The molecule has 1 amide bonds. The summed E-state index contributed by atoms with van der Waals surface area (Å²) in [6.07, 6.45) is 4.51. The summed E-state index contributed by atoms with van der Waals surface area (Å²) in [5.74, 6) is 0.462. The maximum Gasteiger partial charge on any atom is 0.294 e. The van der Waals surface area contributed by atoms with Crippen molar-refractivity contribution >= 4 is 39.4 Å². The number of carbonyl (C=O) groups is 1. The van der Waals surface area contributed by atoms with Crippen LogP contribution in [-0.2, 0) is 21.3 Å². The van der Waals surface area contributed by atoms with Gasteiger partial charge in [0.2, 0.25) is 0 Å². The Hall–Kier alpha value is -2.97. The van der Waals surface area contributed by atoms with Crippen LogP contribution in [0.1, 0.15) is 16.7 Å². The molecule has 0 fully saturated rings. The molecule has 8 heteroatoms. The molecule has 6 nitrogen and oxygen atoms in total. The van der Waals surface area contributed by atoms with E-state index >= 15 is 0 Å². The Labute approximate surface area is 218 Å². The third-order valence-corrected chi connectivity index (χ3v) is 6.85. The molecule has 190 valence electrons. The zero-order chi connectivity index (χ0) is 26.3. The molecule has 0 aliphatic carbocycles. The summed E-state index contributed by atoms with van der Waals surface area (Å²) in [7, 11) is 0.133. The van der Waals surface area contributed by atoms with E-state index in [1.54, 1.807) is 18.2 Å². The number of fused-ring (bicyclic) bond motifs is 1. The van der Waals surface area contributed by atoms with E-state index in [0.717, 1.165) is 36.3 Å². The molecule has 0 saturated heterocycles. The van der Waals surface area contributed by atoms with Crippen LogP contribution in [-0.4, -0.2) is 51.0 Å². The van der Waals surface area contributed by atoms with Crippen molar-refractivity contribution in [1.82, 2.24) is 4.90 Å². The molecule has 1 aliphatic heterocycles. The summed E-state index contributed by atoms with van der Waals surface area (Å²) < 4.78 is 29.6. The van der Waals surface area contributed by atoms with Gasteiger partial charge in [0.25, 0.3) is 16.0 Å². The Morgan fingerprint density at radius 3 is 2.31 bits per heavy atom. The summed E-state index contributed by atoms with van der Waals surface area (Å²) in [6.45, 7) is 3.56.